The lowest BCUT2D eigenvalue weighted by Crippen LogP contribution is -2.43. The van der Waals surface area contributed by atoms with Crippen LogP contribution in [0.2, 0.25) is 0 Å². The topological polar surface area (TPSA) is 203 Å². The molecule has 5 N–H and O–H groups in total. The predicted molar refractivity (Wildman–Crippen MR) is 168 cm³/mol. The molecule has 1 saturated heterocycles. The third-order valence-corrected chi connectivity index (χ3v) is 6.79. The van der Waals surface area contributed by atoms with Gasteiger partial charge in [0.2, 0.25) is 0 Å². The van der Waals surface area contributed by atoms with Gasteiger partial charge in [0.1, 0.15) is 11.9 Å². The number of nitrogens with one attached hydrogen (secondary N) is 1. The summed E-state index contributed by atoms with van der Waals surface area (Å²) < 4.78 is 11.9. The van der Waals surface area contributed by atoms with Gasteiger partial charge in [0.05, 0.1) is 12.3 Å². The maximum absolute atomic E-state index is 12.9. The van der Waals surface area contributed by atoms with Crippen LogP contribution in [0.15, 0.2) is 24.3 Å². The molecule has 1 unspecified atom stereocenters. The van der Waals surface area contributed by atoms with Crippen LogP contribution in [0, 0.1) is 0 Å². The molecule has 1 fully saturated rings. The number of carboxylic acid groups (broad SMARTS) is 4. The molecule has 0 bridgehead atoms. The molecule has 1 aliphatic heterocycles. The summed E-state index contributed by atoms with van der Waals surface area (Å²) in [6, 6.07) is 7.63. The Morgan fingerprint density at radius 2 is 1.33 bits per heavy atom. The van der Waals surface area contributed by atoms with Crippen LogP contribution in [0.4, 0.5) is 10.5 Å². The lowest BCUT2D eigenvalue weighted by atomic mass is 10.2. The molecule has 0 radical (unpaired) electrons. The van der Waals surface area contributed by atoms with Crippen molar-refractivity contribution in [3.8, 4) is 5.75 Å². The van der Waals surface area contributed by atoms with Gasteiger partial charge in [-0.15, -0.1) is 0 Å². The van der Waals surface area contributed by atoms with Gasteiger partial charge in [-0.05, 0) is 57.6 Å². The first kappa shape index (κ1) is 41.1. The Balaban J connectivity index is 0.00000136. The number of carbonyl (C=O) groups is 5. The molecule has 1 amide bonds. The minimum Gasteiger partial charge on any atom is -0.491 e. The zero-order valence-corrected chi connectivity index (χ0v) is 26.7. The normalized spacial score (nSPS) is 13.5. The number of likely N-dealkylation sites (N-methyl/N-ethyl adjacent to an activating group) is 1. The average molecular weight is 642 g/mol. The number of rotatable bonds is 15. The summed E-state index contributed by atoms with van der Waals surface area (Å²) in [5, 5.41) is 32.5. The van der Waals surface area contributed by atoms with E-state index in [1.54, 1.807) is 0 Å². The average Bonchev–Trinajstić information content (AvgIpc) is 3.27. The fourth-order valence-electron chi connectivity index (χ4n) is 4.38. The van der Waals surface area contributed by atoms with Crippen LogP contribution in [0.25, 0.3) is 0 Å². The van der Waals surface area contributed by atoms with Crippen LogP contribution >= 0.6 is 0 Å². The number of unbranched alkanes of at least 4 members (excludes halogenated alkanes) is 4. The van der Waals surface area contributed by atoms with Crippen molar-refractivity contribution < 1.29 is 53.9 Å². The number of carbonyl (C=O) groups excluding carboxylic acids is 1. The van der Waals surface area contributed by atoms with Gasteiger partial charge in [0.15, 0.2) is 0 Å². The standard InChI is InChI=1S/C27H47N3O3.2C2H2O4/c1-4-7-8-11-16-21-32-26-18-13-12-17-25(26)28-27(31)33-24(22-29(5-2)6-3)23-30-19-14-9-10-15-20-30;2*3-1(4)2(5)6/h12-13,17-18,24H,4-11,14-16,19-23H2,1-3H3,(H,28,31);2*(H,3,4)(H,5,6). The first-order valence-electron chi connectivity index (χ1n) is 15.5. The van der Waals surface area contributed by atoms with E-state index in [0.717, 1.165) is 45.7 Å². The number of likely N-dealkylation sites (tertiary alicyclic amines) is 1. The van der Waals surface area contributed by atoms with Crippen LogP contribution < -0.4 is 10.1 Å². The molecule has 1 aromatic rings. The van der Waals surface area contributed by atoms with E-state index in [1.165, 1.54) is 51.4 Å². The molecule has 256 valence electrons. The predicted octanol–water partition coefficient (Wildman–Crippen LogP) is 4.48. The highest BCUT2D eigenvalue weighted by Crippen LogP contribution is 2.24. The minimum absolute atomic E-state index is 0.158. The number of benzene rings is 1. The SMILES string of the molecule is CCCCCCCOc1ccccc1NC(=O)OC(CN(CC)CC)CN1CCCCCC1.O=C(O)C(=O)O.O=C(O)C(=O)O. The summed E-state index contributed by atoms with van der Waals surface area (Å²) >= 11 is 0. The number of carboxylic acids is 4. The number of anilines is 1. The highest BCUT2D eigenvalue weighted by Gasteiger charge is 2.22. The molecular formula is C31H51N3O11. The Hall–Kier alpha value is -3.91. The van der Waals surface area contributed by atoms with Gasteiger partial charge in [-0.1, -0.05) is 71.4 Å². The minimum atomic E-state index is -1.82. The van der Waals surface area contributed by atoms with Gasteiger partial charge >= 0.3 is 30.0 Å². The summed E-state index contributed by atoms with van der Waals surface area (Å²) in [7, 11) is 0. The maximum Gasteiger partial charge on any atom is 0.414 e. The highest BCUT2D eigenvalue weighted by molar-refractivity contribution is 6.27. The van der Waals surface area contributed by atoms with Crippen LogP contribution in [0.5, 0.6) is 5.75 Å². The maximum atomic E-state index is 12.9. The van der Waals surface area contributed by atoms with Gasteiger partial charge in [-0.3, -0.25) is 10.2 Å². The largest absolute Gasteiger partial charge is 0.491 e. The van der Waals surface area contributed by atoms with Crippen LogP contribution in [0.1, 0.15) is 78.6 Å². The van der Waals surface area contributed by atoms with Crippen molar-refractivity contribution in [1.82, 2.24) is 9.80 Å². The molecule has 0 aromatic heterocycles. The second kappa shape index (κ2) is 25.4. The number of hydrogen-bond acceptors (Lipinski definition) is 9. The zero-order chi connectivity index (χ0) is 34.0. The first-order valence-corrected chi connectivity index (χ1v) is 15.5. The summed E-state index contributed by atoms with van der Waals surface area (Å²) in [5.74, 6) is -6.59. The zero-order valence-electron chi connectivity index (χ0n) is 26.7. The van der Waals surface area contributed by atoms with Gasteiger partial charge in [0, 0.05) is 13.1 Å². The molecule has 0 aliphatic carbocycles. The van der Waals surface area contributed by atoms with Crippen molar-refractivity contribution in [2.24, 2.45) is 0 Å². The van der Waals surface area contributed by atoms with E-state index >= 15 is 0 Å². The number of ether oxygens (including phenoxy) is 2. The van der Waals surface area contributed by atoms with Gasteiger partial charge in [-0.2, -0.15) is 0 Å². The summed E-state index contributed by atoms with van der Waals surface area (Å²) in [6.45, 7) is 12.8. The van der Waals surface area contributed by atoms with Crippen molar-refractivity contribution >= 4 is 35.7 Å². The number of hydrogen-bond donors (Lipinski definition) is 5. The van der Waals surface area contributed by atoms with Crippen molar-refractivity contribution in [3.05, 3.63) is 24.3 Å². The molecule has 1 aromatic carbocycles. The second-order valence-electron chi connectivity index (χ2n) is 10.3. The highest BCUT2D eigenvalue weighted by atomic mass is 16.6. The molecule has 0 saturated carbocycles. The molecule has 1 atom stereocenters. The van der Waals surface area contributed by atoms with Gasteiger partial charge in [0.25, 0.3) is 0 Å². The molecular weight excluding hydrogens is 590 g/mol. The molecule has 14 heteroatoms. The van der Waals surface area contributed by atoms with Crippen LogP contribution in [-0.2, 0) is 23.9 Å². The molecule has 14 nitrogen and oxygen atoms in total. The Kier molecular flexibility index (Phi) is 23.2. The summed E-state index contributed by atoms with van der Waals surface area (Å²) in [6.07, 6.45) is 10.5. The number of nitrogens with zero attached hydrogens (tertiary/aromatic N) is 2. The Morgan fingerprint density at radius 3 is 1.84 bits per heavy atom. The number of amides is 1. The van der Waals surface area contributed by atoms with E-state index in [9.17, 15) is 4.79 Å². The van der Waals surface area contributed by atoms with E-state index in [2.05, 4.69) is 35.9 Å². The molecule has 1 heterocycles. The number of aliphatic carboxylic acids is 4. The lowest BCUT2D eigenvalue weighted by molar-refractivity contribution is -0.159. The van der Waals surface area contributed by atoms with Crippen molar-refractivity contribution in [2.75, 3.05) is 51.2 Å². The number of para-hydroxylation sites is 2. The second-order valence-corrected chi connectivity index (χ2v) is 10.3. The van der Waals surface area contributed by atoms with Crippen molar-refractivity contribution in [1.29, 1.82) is 0 Å². The van der Waals surface area contributed by atoms with E-state index in [1.807, 2.05) is 24.3 Å². The first-order chi connectivity index (χ1) is 21.4. The summed E-state index contributed by atoms with van der Waals surface area (Å²) in [4.78, 5) is 54.1. The van der Waals surface area contributed by atoms with E-state index in [4.69, 9.17) is 49.1 Å². The van der Waals surface area contributed by atoms with Crippen molar-refractivity contribution in [3.63, 3.8) is 0 Å². The Labute approximate surface area is 265 Å². The van der Waals surface area contributed by atoms with Crippen molar-refractivity contribution in [2.45, 2.75) is 84.7 Å². The van der Waals surface area contributed by atoms with E-state index in [-0.39, 0.29) is 6.10 Å². The van der Waals surface area contributed by atoms with E-state index in [0.29, 0.717) is 18.0 Å². The Bertz CT molecular complexity index is 962. The van der Waals surface area contributed by atoms with Crippen LogP contribution in [-0.4, -0.2) is 112 Å². The Morgan fingerprint density at radius 1 is 0.800 bits per heavy atom. The molecule has 2 rings (SSSR count). The third kappa shape index (κ3) is 21.4. The fraction of sp³-hybridized carbons (Fsp3) is 0.645. The monoisotopic (exact) mass is 641 g/mol. The van der Waals surface area contributed by atoms with Crippen LogP contribution in [0.3, 0.4) is 0 Å². The molecule has 45 heavy (non-hydrogen) atoms. The molecule has 1 aliphatic rings. The quantitative estimate of drug-likeness (QED) is 0.133. The van der Waals surface area contributed by atoms with Gasteiger partial charge < -0.3 is 34.8 Å². The smallest absolute Gasteiger partial charge is 0.414 e. The fourth-order valence-corrected chi connectivity index (χ4v) is 4.38. The molecule has 0 spiro atoms. The van der Waals surface area contributed by atoms with Gasteiger partial charge in [-0.25, -0.2) is 24.0 Å². The van der Waals surface area contributed by atoms with E-state index < -0.39 is 30.0 Å². The third-order valence-electron chi connectivity index (χ3n) is 6.79. The lowest BCUT2D eigenvalue weighted by Gasteiger charge is -2.30. The summed E-state index contributed by atoms with van der Waals surface area (Å²) in [5.41, 5.74) is 0.674.